The highest BCUT2D eigenvalue weighted by molar-refractivity contribution is 8.07. The highest BCUT2D eigenvalue weighted by Gasteiger charge is 2.35. The molecule has 2 heterocycles. The zero-order valence-electron chi connectivity index (χ0n) is 14.2. The van der Waals surface area contributed by atoms with Crippen LogP contribution in [0.15, 0.2) is 12.4 Å². The van der Waals surface area contributed by atoms with Gasteiger partial charge in [-0.25, -0.2) is 4.98 Å². The van der Waals surface area contributed by atoms with E-state index in [0.29, 0.717) is 19.4 Å². The normalized spacial score (nSPS) is 30.0. The highest BCUT2D eigenvalue weighted by Crippen LogP contribution is 2.53. The van der Waals surface area contributed by atoms with Gasteiger partial charge in [-0.05, 0) is 32.1 Å². The molecule has 0 spiro atoms. The fourth-order valence-corrected chi connectivity index (χ4v) is 4.98. The summed E-state index contributed by atoms with van der Waals surface area (Å²) >= 11 is 5.55. The second-order valence-corrected chi connectivity index (χ2v) is 8.07. The van der Waals surface area contributed by atoms with E-state index in [1.54, 1.807) is 12.4 Å². The third-order valence-corrected chi connectivity index (χ3v) is 5.87. The first-order chi connectivity index (χ1) is 11.0. The van der Waals surface area contributed by atoms with Crippen LogP contribution in [0.3, 0.4) is 0 Å². The van der Waals surface area contributed by atoms with Gasteiger partial charge in [0.1, 0.15) is 5.82 Å². The van der Waals surface area contributed by atoms with E-state index in [9.17, 15) is 0 Å². The van der Waals surface area contributed by atoms with Gasteiger partial charge >= 0.3 is 6.72 Å². The monoisotopic (exact) mass is 350 g/mol. The van der Waals surface area contributed by atoms with Crippen LogP contribution in [-0.4, -0.2) is 41.5 Å². The molecule has 6 nitrogen and oxygen atoms in total. The number of aromatic nitrogens is 2. The maximum absolute atomic E-state index is 7.76. The first kappa shape index (κ1) is 16.6. The van der Waals surface area contributed by atoms with Crippen molar-refractivity contribution in [2.24, 2.45) is 0 Å². The summed E-state index contributed by atoms with van der Waals surface area (Å²) in [6.07, 6.45) is 4.75. The summed E-state index contributed by atoms with van der Waals surface area (Å²) in [5.41, 5.74) is 0. The molecule has 22 heavy (non-hydrogen) atoms. The fraction of sp³-hybridized carbons (Fsp3) is 0.786. The maximum Gasteiger partial charge on any atom is 0.327 e. The molecule has 2 unspecified atom stereocenters. The predicted octanol–water partition coefficient (Wildman–Crippen LogP) is 3.20. The first-order valence-electron chi connectivity index (χ1n) is 8.20. The van der Waals surface area contributed by atoms with E-state index in [-0.39, 0.29) is 18.3 Å². The number of nitrogens with one attached hydrogen (secondary N) is 1. The van der Waals surface area contributed by atoms with Crippen LogP contribution in [0.5, 0.6) is 0 Å². The minimum Gasteiger partial charge on any atom is -0.375 e. The molecule has 2 rings (SSSR count). The summed E-state index contributed by atoms with van der Waals surface area (Å²) in [5, 5.41) is 0. The van der Waals surface area contributed by atoms with E-state index >= 15 is 0 Å². The van der Waals surface area contributed by atoms with Crippen LogP contribution in [0, 0.1) is 0 Å². The van der Waals surface area contributed by atoms with Gasteiger partial charge in [-0.1, -0.05) is 6.92 Å². The number of imidazole rings is 1. The lowest BCUT2D eigenvalue weighted by Gasteiger charge is -2.28. The Morgan fingerprint density at radius 1 is 1.64 bits per heavy atom. The molecule has 0 bridgehead atoms. The average Bonchev–Trinajstić information content (AvgIpc) is 3.08. The number of hydrogen-bond acceptors (Lipinski definition) is 6. The molecule has 1 aliphatic heterocycles. The number of rotatable bonds is 9. The molecule has 0 radical (unpaired) electrons. The Balaban J connectivity index is 1.98. The number of ether oxygens (including phenoxy) is 1. The summed E-state index contributed by atoms with van der Waals surface area (Å²) in [7, 11) is 0. The molecular formula is C14H25N2O4PS. The van der Waals surface area contributed by atoms with Gasteiger partial charge in [0.15, 0.2) is 0 Å². The van der Waals surface area contributed by atoms with Crippen LogP contribution in [0.4, 0.5) is 0 Å². The summed E-state index contributed by atoms with van der Waals surface area (Å²) in [5.74, 6) is 0.831. The Morgan fingerprint density at radius 2 is 2.45 bits per heavy atom. The molecule has 126 valence electrons. The first-order valence-corrected chi connectivity index (χ1v) is 10.2. The molecular weight excluding hydrogens is 323 g/mol. The topological polar surface area (TPSA) is 65.6 Å². The Morgan fingerprint density at radius 3 is 3.09 bits per heavy atom. The number of hydrogen-bond donors (Lipinski definition) is 1. The standard InChI is InChI=1S/C14H25N2O4PS/c1-4-12-13(6-9-17-12)20-21(22,18-5-2)19-11(3)10-14-15-7-8-16-14/h7-8,11-13H,4-6,9-10H2,1-3H3,(H,15,16)/t11-,12+,13+,21?/m0/s1/i9T/t9?,11-,12+,13+,21?. The van der Waals surface area contributed by atoms with Gasteiger partial charge in [-0.15, -0.1) is 0 Å². The molecule has 0 saturated carbocycles. The Kier molecular flexibility index (Phi) is 6.41. The maximum atomic E-state index is 7.76. The second-order valence-electron chi connectivity index (χ2n) is 5.15. The Labute approximate surface area is 138 Å². The summed E-state index contributed by atoms with van der Waals surface area (Å²) in [6, 6.07) is 0. The van der Waals surface area contributed by atoms with E-state index in [1.165, 1.54) is 0 Å². The Bertz CT molecular complexity index is 519. The van der Waals surface area contributed by atoms with Gasteiger partial charge in [-0.3, -0.25) is 0 Å². The predicted molar refractivity (Wildman–Crippen MR) is 88.3 cm³/mol. The van der Waals surface area contributed by atoms with Crippen LogP contribution < -0.4 is 0 Å². The molecule has 0 aliphatic carbocycles. The zero-order valence-corrected chi connectivity index (χ0v) is 14.9. The molecule has 1 N–H and O–H groups in total. The molecule has 1 aliphatic rings. The molecule has 1 aromatic heterocycles. The smallest absolute Gasteiger partial charge is 0.327 e. The van der Waals surface area contributed by atoms with Gasteiger partial charge in [0.05, 0.1) is 26.3 Å². The van der Waals surface area contributed by atoms with Gasteiger partial charge in [-0.2, -0.15) is 0 Å². The number of H-pyrrole nitrogens is 1. The van der Waals surface area contributed by atoms with Gasteiger partial charge in [0.2, 0.25) is 0 Å². The lowest BCUT2D eigenvalue weighted by atomic mass is 10.1. The molecule has 0 aromatic carbocycles. The lowest BCUT2D eigenvalue weighted by Crippen LogP contribution is -2.24. The summed E-state index contributed by atoms with van der Waals surface area (Å²) in [6.45, 7) is 2.73. The van der Waals surface area contributed by atoms with Crippen molar-refractivity contribution in [2.75, 3.05) is 13.2 Å². The van der Waals surface area contributed by atoms with Crippen LogP contribution >= 0.6 is 6.72 Å². The van der Waals surface area contributed by atoms with Crippen LogP contribution in [0.1, 0.15) is 40.8 Å². The van der Waals surface area contributed by atoms with E-state index in [1.807, 2.05) is 20.8 Å². The summed E-state index contributed by atoms with van der Waals surface area (Å²) < 4.78 is 30.9. The fourth-order valence-electron chi connectivity index (χ4n) is 2.33. The van der Waals surface area contributed by atoms with Crippen molar-refractivity contribution in [3.05, 3.63) is 18.2 Å². The molecule has 8 heteroatoms. The largest absolute Gasteiger partial charge is 0.375 e. The lowest BCUT2D eigenvalue weighted by molar-refractivity contribution is 0.0301. The molecule has 0 amide bonds. The zero-order chi connectivity index (χ0) is 16.9. The van der Waals surface area contributed by atoms with E-state index in [4.69, 9.17) is 31.5 Å². The summed E-state index contributed by atoms with van der Waals surface area (Å²) in [4.78, 5) is 7.23. The van der Waals surface area contributed by atoms with Crippen molar-refractivity contribution < 1.29 is 19.7 Å². The number of aromatic amines is 1. The molecule has 5 atom stereocenters. The van der Waals surface area contributed by atoms with Gasteiger partial charge in [0, 0.05) is 31.8 Å². The number of nitrogens with zero attached hydrogens (tertiary/aromatic N) is 1. The van der Waals surface area contributed by atoms with Crippen molar-refractivity contribution in [1.82, 2.24) is 9.97 Å². The van der Waals surface area contributed by atoms with Crippen molar-refractivity contribution in [3.63, 3.8) is 0 Å². The minimum absolute atomic E-state index is 0.135. The second kappa shape index (κ2) is 8.52. The molecule has 1 saturated heterocycles. The van der Waals surface area contributed by atoms with E-state index < -0.39 is 13.3 Å². The van der Waals surface area contributed by atoms with E-state index in [0.717, 1.165) is 12.2 Å². The molecule has 1 aromatic rings. The SMILES string of the molecule is [3H]C1C[C@@H](OP(=S)(OCC)O[C@@H](C)Cc2ncc[nH]2)[C@@H](CC)O1. The average molecular weight is 350 g/mol. The third-order valence-electron chi connectivity index (χ3n) is 3.31. The Hall–Kier alpha value is -0.300. The van der Waals surface area contributed by atoms with Crippen LogP contribution in [0.25, 0.3) is 0 Å². The minimum atomic E-state index is -2.89. The van der Waals surface area contributed by atoms with Crippen molar-refractivity contribution in [3.8, 4) is 0 Å². The van der Waals surface area contributed by atoms with Crippen LogP contribution in [-0.2, 0) is 36.5 Å². The molecule has 1 fully saturated rings. The van der Waals surface area contributed by atoms with Crippen molar-refractivity contribution in [1.29, 1.82) is 0 Å². The van der Waals surface area contributed by atoms with Crippen LogP contribution in [0.2, 0.25) is 0 Å². The van der Waals surface area contributed by atoms with E-state index in [2.05, 4.69) is 9.97 Å². The van der Waals surface area contributed by atoms with Gasteiger partial charge < -0.3 is 23.3 Å². The van der Waals surface area contributed by atoms with Crippen molar-refractivity contribution >= 4 is 18.5 Å². The van der Waals surface area contributed by atoms with Gasteiger partial charge in [0.25, 0.3) is 0 Å². The van der Waals surface area contributed by atoms with Crippen molar-refractivity contribution in [2.45, 2.75) is 58.3 Å². The highest BCUT2D eigenvalue weighted by atomic mass is 32.5. The third kappa shape index (κ3) is 5.11. The quantitative estimate of drug-likeness (QED) is 0.690.